The number of rotatable bonds is 2. The molecule has 1 aromatic carbocycles. The van der Waals surface area contributed by atoms with Crippen LogP contribution in [0.2, 0.25) is 0 Å². The molecule has 1 aromatic rings. The van der Waals surface area contributed by atoms with Crippen LogP contribution in [0.25, 0.3) is 0 Å². The fourth-order valence-corrected chi connectivity index (χ4v) is 3.53. The van der Waals surface area contributed by atoms with E-state index in [9.17, 15) is 14.4 Å². The molecule has 0 saturated carbocycles. The molecule has 2 aliphatic heterocycles. The van der Waals surface area contributed by atoms with Crippen molar-refractivity contribution >= 4 is 18.1 Å². The quantitative estimate of drug-likeness (QED) is 0.837. The number of carbonyl (C=O) groups excluding carboxylic acids is 3. The van der Waals surface area contributed by atoms with Gasteiger partial charge in [-0.15, -0.1) is 0 Å². The maximum atomic E-state index is 12.8. The standard InChI is InChI=1S/C20H27N3O5/c1-19(2,3)28-17(25)22-11-12-23(20(14-22)9-10-21-16(20)24)18(26)27-13-15-7-5-4-6-8-15/h4-8H,9-14H2,1-3H3,(H,21,24). The highest BCUT2D eigenvalue weighted by Crippen LogP contribution is 2.31. The van der Waals surface area contributed by atoms with E-state index in [-0.39, 0.29) is 32.1 Å². The largest absolute Gasteiger partial charge is 0.445 e. The summed E-state index contributed by atoms with van der Waals surface area (Å²) in [6.07, 6.45) is -0.611. The van der Waals surface area contributed by atoms with Gasteiger partial charge in [0, 0.05) is 19.6 Å². The average molecular weight is 389 g/mol. The summed E-state index contributed by atoms with van der Waals surface area (Å²) in [5.74, 6) is -0.266. The highest BCUT2D eigenvalue weighted by molar-refractivity contribution is 5.93. The molecular formula is C20H27N3O5. The number of hydrogen-bond donors (Lipinski definition) is 1. The lowest BCUT2D eigenvalue weighted by molar-refractivity contribution is -0.132. The van der Waals surface area contributed by atoms with Gasteiger partial charge in [0.25, 0.3) is 0 Å². The fourth-order valence-electron chi connectivity index (χ4n) is 3.53. The van der Waals surface area contributed by atoms with Crippen LogP contribution in [0.4, 0.5) is 9.59 Å². The van der Waals surface area contributed by atoms with E-state index in [2.05, 4.69) is 5.32 Å². The SMILES string of the molecule is CC(C)(C)OC(=O)N1CCN(C(=O)OCc2ccccc2)C2(CCNC2=O)C1. The summed E-state index contributed by atoms with van der Waals surface area (Å²) < 4.78 is 10.9. The number of nitrogens with one attached hydrogen (secondary N) is 1. The Balaban J connectivity index is 1.72. The Morgan fingerprint density at radius 2 is 1.86 bits per heavy atom. The zero-order chi connectivity index (χ0) is 20.4. The van der Waals surface area contributed by atoms with Gasteiger partial charge in [-0.1, -0.05) is 30.3 Å². The predicted octanol–water partition coefficient (Wildman–Crippen LogP) is 2.13. The van der Waals surface area contributed by atoms with Crippen LogP contribution in [-0.4, -0.2) is 65.2 Å². The molecule has 1 N–H and O–H groups in total. The van der Waals surface area contributed by atoms with Gasteiger partial charge in [-0.2, -0.15) is 0 Å². The van der Waals surface area contributed by atoms with Gasteiger partial charge in [0.1, 0.15) is 17.7 Å². The third kappa shape index (κ3) is 4.21. The molecular weight excluding hydrogens is 362 g/mol. The summed E-state index contributed by atoms with van der Waals surface area (Å²) >= 11 is 0. The second-order valence-corrected chi connectivity index (χ2v) is 8.13. The topological polar surface area (TPSA) is 88.2 Å². The van der Waals surface area contributed by atoms with Gasteiger partial charge in [-0.05, 0) is 32.8 Å². The zero-order valence-electron chi connectivity index (χ0n) is 16.6. The first-order valence-electron chi connectivity index (χ1n) is 9.46. The molecule has 152 valence electrons. The van der Waals surface area contributed by atoms with Gasteiger partial charge in [0.05, 0.1) is 6.54 Å². The van der Waals surface area contributed by atoms with Gasteiger partial charge in [-0.25, -0.2) is 9.59 Å². The number of benzene rings is 1. The summed E-state index contributed by atoms with van der Waals surface area (Å²) in [6.45, 7) is 6.53. The monoisotopic (exact) mass is 389 g/mol. The number of piperazine rings is 1. The third-order valence-electron chi connectivity index (χ3n) is 4.89. The molecule has 8 nitrogen and oxygen atoms in total. The van der Waals surface area contributed by atoms with Crippen molar-refractivity contribution in [3.05, 3.63) is 35.9 Å². The van der Waals surface area contributed by atoms with Crippen molar-refractivity contribution in [3.8, 4) is 0 Å². The first-order valence-corrected chi connectivity index (χ1v) is 9.46. The molecule has 1 spiro atoms. The van der Waals surface area contributed by atoms with E-state index in [4.69, 9.17) is 9.47 Å². The molecule has 2 saturated heterocycles. The molecule has 0 aromatic heterocycles. The smallest absolute Gasteiger partial charge is 0.411 e. The van der Waals surface area contributed by atoms with E-state index in [1.54, 1.807) is 20.8 Å². The van der Waals surface area contributed by atoms with E-state index in [0.717, 1.165) is 5.56 Å². The molecule has 3 amide bonds. The van der Waals surface area contributed by atoms with Crippen molar-refractivity contribution in [1.29, 1.82) is 0 Å². The Kier molecular flexibility index (Phi) is 5.49. The molecule has 3 rings (SSSR count). The lowest BCUT2D eigenvalue weighted by Gasteiger charge is -2.46. The molecule has 1 unspecified atom stereocenters. The lowest BCUT2D eigenvalue weighted by atomic mass is 9.92. The number of amides is 3. The average Bonchev–Trinajstić information content (AvgIpc) is 2.99. The summed E-state index contributed by atoms with van der Waals surface area (Å²) in [6, 6.07) is 9.36. The molecule has 0 aliphatic carbocycles. The Labute approximate surface area is 164 Å². The summed E-state index contributed by atoms with van der Waals surface area (Å²) in [7, 11) is 0. The summed E-state index contributed by atoms with van der Waals surface area (Å²) in [4.78, 5) is 40.9. The molecule has 1 atom stereocenters. The Hall–Kier alpha value is -2.77. The van der Waals surface area contributed by atoms with Crippen molar-refractivity contribution < 1.29 is 23.9 Å². The van der Waals surface area contributed by atoms with Crippen LogP contribution in [0.3, 0.4) is 0 Å². The Morgan fingerprint density at radius 3 is 2.46 bits per heavy atom. The van der Waals surface area contributed by atoms with E-state index in [1.165, 1.54) is 9.80 Å². The first kappa shape index (κ1) is 20.0. The number of hydrogen-bond acceptors (Lipinski definition) is 5. The molecule has 0 bridgehead atoms. The number of nitrogens with zero attached hydrogens (tertiary/aromatic N) is 2. The fraction of sp³-hybridized carbons (Fsp3) is 0.550. The third-order valence-corrected chi connectivity index (χ3v) is 4.89. The van der Waals surface area contributed by atoms with Crippen LogP contribution >= 0.6 is 0 Å². The van der Waals surface area contributed by atoms with Gasteiger partial charge < -0.3 is 19.7 Å². The van der Waals surface area contributed by atoms with Gasteiger partial charge in [0.2, 0.25) is 5.91 Å². The van der Waals surface area contributed by atoms with E-state index in [0.29, 0.717) is 13.0 Å². The molecule has 8 heteroatoms. The molecule has 0 radical (unpaired) electrons. The van der Waals surface area contributed by atoms with Gasteiger partial charge >= 0.3 is 12.2 Å². The summed E-state index contributed by atoms with van der Waals surface area (Å²) in [5, 5.41) is 2.78. The minimum atomic E-state index is -1.12. The minimum absolute atomic E-state index is 0.0915. The van der Waals surface area contributed by atoms with Crippen molar-refractivity contribution in [2.24, 2.45) is 0 Å². The minimum Gasteiger partial charge on any atom is -0.445 e. The van der Waals surface area contributed by atoms with Crippen LogP contribution in [-0.2, 0) is 20.9 Å². The second kappa shape index (κ2) is 7.69. The van der Waals surface area contributed by atoms with Gasteiger partial charge in [0.15, 0.2) is 0 Å². The zero-order valence-corrected chi connectivity index (χ0v) is 16.6. The lowest BCUT2D eigenvalue weighted by Crippen LogP contribution is -2.68. The Morgan fingerprint density at radius 1 is 1.14 bits per heavy atom. The van der Waals surface area contributed by atoms with Crippen molar-refractivity contribution in [2.45, 2.75) is 44.9 Å². The highest BCUT2D eigenvalue weighted by Gasteiger charge is 2.54. The normalized spacial score (nSPS) is 22.2. The highest BCUT2D eigenvalue weighted by atomic mass is 16.6. The molecule has 28 heavy (non-hydrogen) atoms. The van der Waals surface area contributed by atoms with Crippen LogP contribution in [0.15, 0.2) is 30.3 Å². The number of ether oxygens (including phenoxy) is 2. The van der Waals surface area contributed by atoms with Crippen LogP contribution in [0.5, 0.6) is 0 Å². The van der Waals surface area contributed by atoms with Gasteiger partial charge in [-0.3, -0.25) is 9.69 Å². The molecule has 2 aliphatic rings. The van der Waals surface area contributed by atoms with Crippen LogP contribution in [0, 0.1) is 0 Å². The number of carbonyl (C=O) groups is 3. The molecule has 2 fully saturated rings. The van der Waals surface area contributed by atoms with E-state index < -0.39 is 23.3 Å². The molecule has 2 heterocycles. The maximum absolute atomic E-state index is 12.8. The van der Waals surface area contributed by atoms with E-state index in [1.807, 2.05) is 30.3 Å². The van der Waals surface area contributed by atoms with Crippen LogP contribution < -0.4 is 5.32 Å². The predicted molar refractivity (Wildman–Crippen MR) is 101 cm³/mol. The van der Waals surface area contributed by atoms with Crippen LogP contribution in [0.1, 0.15) is 32.8 Å². The first-order chi connectivity index (χ1) is 13.2. The van der Waals surface area contributed by atoms with Crippen molar-refractivity contribution in [1.82, 2.24) is 15.1 Å². The Bertz CT molecular complexity index is 746. The van der Waals surface area contributed by atoms with E-state index >= 15 is 0 Å². The van der Waals surface area contributed by atoms with Crippen molar-refractivity contribution in [2.75, 3.05) is 26.2 Å². The second-order valence-electron chi connectivity index (χ2n) is 8.13. The summed E-state index contributed by atoms with van der Waals surface area (Å²) in [5.41, 5.74) is -0.884. The maximum Gasteiger partial charge on any atom is 0.411 e. The van der Waals surface area contributed by atoms with Crippen molar-refractivity contribution in [3.63, 3.8) is 0 Å².